The molecule has 1 saturated carbocycles. The first-order chi connectivity index (χ1) is 15.4. The molecule has 3 heterocycles. The van der Waals surface area contributed by atoms with E-state index in [0.717, 1.165) is 74.4 Å². The van der Waals surface area contributed by atoms with Crippen molar-refractivity contribution >= 4 is 17.2 Å². The summed E-state index contributed by atoms with van der Waals surface area (Å²) in [6.07, 6.45) is 4.04. The smallest absolute Gasteiger partial charge is 0.273 e. The molecule has 176 valence electrons. The standard InChI is InChI=1S/C22H30F2N4O3S/c1-14-10-17(31-27-14)11-21(29)25-16-4-2-15(3-5-16)6-8-28-9-7-19-18(12-28)26-22(32-19)30-13-20(23)24/h10,15-16,20H,2-9,11-13H2,1H3,(H,25,29)/t15-,16-. The van der Waals surface area contributed by atoms with Crippen LogP contribution in [0.25, 0.3) is 0 Å². The molecular weight excluding hydrogens is 438 g/mol. The van der Waals surface area contributed by atoms with Crippen LogP contribution in [0.3, 0.4) is 0 Å². The number of nitrogens with zero attached hydrogens (tertiary/aromatic N) is 3. The largest absolute Gasteiger partial charge is 0.464 e. The number of carbonyl (C=O) groups is 1. The van der Waals surface area contributed by atoms with Gasteiger partial charge in [-0.15, -0.1) is 0 Å². The number of fused-ring (bicyclic) bond motifs is 1. The van der Waals surface area contributed by atoms with E-state index in [9.17, 15) is 13.6 Å². The van der Waals surface area contributed by atoms with E-state index in [0.29, 0.717) is 16.9 Å². The highest BCUT2D eigenvalue weighted by Crippen LogP contribution is 2.31. The number of hydrogen-bond acceptors (Lipinski definition) is 7. The van der Waals surface area contributed by atoms with Crippen molar-refractivity contribution < 1.29 is 22.8 Å². The van der Waals surface area contributed by atoms with Crippen LogP contribution in [0, 0.1) is 12.8 Å². The maximum atomic E-state index is 12.3. The van der Waals surface area contributed by atoms with E-state index in [1.54, 1.807) is 6.07 Å². The Labute approximate surface area is 190 Å². The number of alkyl halides is 2. The highest BCUT2D eigenvalue weighted by molar-refractivity contribution is 7.13. The lowest BCUT2D eigenvalue weighted by molar-refractivity contribution is -0.121. The van der Waals surface area contributed by atoms with Gasteiger partial charge in [-0.05, 0) is 57.9 Å². The normalized spacial score (nSPS) is 21.5. The highest BCUT2D eigenvalue weighted by Gasteiger charge is 2.25. The zero-order chi connectivity index (χ0) is 22.5. The first kappa shape index (κ1) is 23.1. The lowest BCUT2D eigenvalue weighted by atomic mass is 9.84. The fourth-order valence-corrected chi connectivity index (χ4v) is 5.43. The second kappa shape index (κ2) is 10.7. The van der Waals surface area contributed by atoms with E-state index >= 15 is 0 Å². The number of halogens is 2. The first-order valence-electron chi connectivity index (χ1n) is 11.3. The summed E-state index contributed by atoms with van der Waals surface area (Å²) >= 11 is 1.39. The number of nitrogens with one attached hydrogen (secondary N) is 1. The Morgan fingerprint density at radius 2 is 2.19 bits per heavy atom. The van der Waals surface area contributed by atoms with Crippen LogP contribution in [0.4, 0.5) is 8.78 Å². The number of thiazole rings is 1. The van der Waals surface area contributed by atoms with Crippen LogP contribution >= 0.6 is 11.3 Å². The molecule has 0 aromatic carbocycles. The van der Waals surface area contributed by atoms with Gasteiger partial charge >= 0.3 is 0 Å². The van der Waals surface area contributed by atoms with Crippen molar-refractivity contribution in [2.24, 2.45) is 5.92 Å². The molecule has 0 atom stereocenters. The summed E-state index contributed by atoms with van der Waals surface area (Å²) in [4.78, 5) is 20.2. The van der Waals surface area contributed by atoms with E-state index in [4.69, 9.17) is 9.26 Å². The average molecular weight is 469 g/mol. The second-order valence-electron chi connectivity index (χ2n) is 8.76. The van der Waals surface area contributed by atoms with Gasteiger partial charge in [-0.1, -0.05) is 16.5 Å². The zero-order valence-electron chi connectivity index (χ0n) is 18.3. The van der Waals surface area contributed by atoms with Gasteiger partial charge in [0.15, 0.2) is 6.61 Å². The quantitative estimate of drug-likeness (QED) is 0.604. The van der Waals surface area contributed by atoms with Gasteiger partial charge in [0.2, 0.25) is 5.91 Å². The van der Waals surface area contributed by atoms with Gasteiger partial charge in [0, 0.05) is 30.1 Å². The molecule has 0 unspecified atom stereocenters. The summed E-state index contributed by atoms with van der Waals surface area (Å²) < 4.78 is 34.9. The summed E-state index contributed by atoms with van der Waals surface area (Å²) in [5.41, 5.74) is 1.76. The second-order valence-corrected chi connectivity index (χ2v) is 9.81. The van der Waals surface area contributed by atoms with Crippen LogP contribution in [-0.2, 0) is 24.2 Å². The van der Waals surface area contributed by atoms with Gasteiger partial charge < -0.3 is 14.6 Å². The minimum atomic E-state index is -2.48. The molecule has 10 heteroatoms. The summed E-state index contributed by atoms with van der Waals surface area (Å²) in [6.45, 7) is 3.98. The molecule has 2 aromatic rings. The molecule has 0 bridgehead atoms. The van der Waals surface area contributed by atoms with E-state index in [-0.39, 0.29) is 18.4 Å². The first-order valence-corrected chi connectivity index (χ1v) is 12.1. The fourth-order valence-electron chi connectivity index (χ4n) is 4.51. The molecular formula is C22H30F2N4O3S. The SMILES string of the molecule is Cc1cc(CC(=O)N[C@H]2CC[C@H](CCN3CCc4sc(OCC(F)F)nc4C3)CC2)on1. The number of ether oxygens (including phenoxy) is 1. The third-order valence-corrected chi connectivity index (χ3v) is 7.27. The zero-order valence-corrected chi connectivity index (χ0v) is 19.1. The van der Waals surface area contributed by atoms with Crippen molar-refractivity contribution in [3.63, 3.8) is 0 Å². The van der Waals surface area contributed by atoms with Crippen LogP contribution in [0.1, 0.15) is 54.1 Å². The maximum absolute atomic E-state index is 12.3. The summed E-state index contributed by atoms with van der Waals surface area (Å²) in [6, 6.07) is 2.03. The third kappa shape index (κ3) is 6.48. The van der Waals surface area contributed by atoms with Crippen LogP contribution < -0.4 is 10.1 Å². The van der Waals surface area contributed by atoms with Crippen molar-refractivity contribution in [3.05, 3.63) is 28.1 Å². The molecule has 1 aliphatic carbocycles. The lowest BCUT2D eigenvalue weighted by Crippen LogP contribution is -2.39. The van der Waals surface area contributed by atoms with Crippen LogP contribution in [0.5, 0.6) is 5.19 Å². The van der Waals surface area contributed by atoms with Crippen molar-refractivity contribution in [1.82, 2.24) is 20.4 Å². The predicted molar refractivity (Wildman–Crippen MR) is 116 cm³/mol. The minimum absolute atomic E-state index is 0.00566. The van der Waals surface area contributed by atoms with E-state index < -0.39 is 13.0 Å². The molecule has 0 radical (unpaired) electrons. The lowest BCUT2D eigenvalue weighted by Gasteiger charge is -2.31. The predicted octanol–water partition coefficient (Wildman–Crippen LogP) is 3.75. The highest BCUT2D eigenvalue weighted by atomic mass is 32.1. The van der Waals surface area contributed by atoms with E-state index in [1.807, 2.05) is 6.92 Å². The number of rotatable bonds is 9. The molecule has 1 amide bonds. The van der Waals surface area contributed by atoms with Gasteiger partial charge in [0.05, 0.1) is 17.8 Å². The van der Waals surface area contributed by atoms with Crippen molar-refractivity contribution in [2.45, 2.75) is 70.9 Å². The molecule has 4 rings (SSSR count). The Hall–Kier alpha value is -2.07. The summed E-state index contributed by atoms with van der Waals surface area (Å²) in [5.74, 6) is 1.27. The van der Waals surface area contributed by atoms with Crippen LogP contribution in [-0.4, -0.2) is 53.1 Å². The topological polar surface area (TPSA) is 80.5 Å². The summed E-state index contributed by atoms with van der Waals surface area (Å²) in [5, 5.41) is 7.31. The molecule has 2 aromatic heterocycles. The monoisotopic (exact) mass is 468 g/mol. The van der Waals surface area contributed by atoms with Crippen LogP contribution in [0.2, 0.25) is 0 Å². The minimum Gasteiger partial charge on any atom is -0.464 e. The number of hydrogen-bond donors (Lipinski definition) is 1. The Bertz CT molecular complexity index is 896. The molecule has 32 heavy (non-hydrogen) atoms. The third-order valence-electron chi connectivity index (χ3n) is 6.20. The molecule has 1 fully saturated rings. The Morgan fingerprint density at radius 3 is 2.91 bits per heavy atom. The van der Waals surface area contributed by atoms with Crippen molar-refractivity contribution in [2.75, 3.05) is 19.7 Å². The van der Waals surface area contributed by atoms with Crippen LogP contribution in [0.15, 0.2) is 10.6 Å². The van der Waals surface area contributed by atoms with Gasteiger partial charge in [-0.25, -0.2) is 13.8 Å². The molecule has 0 spiro atoms. The van der Waals surface area contributed by atoms with Gasteiger partial charge in [0.1, 0.15) is 5.76 Å². The number of amides is 1. The number of aryl methyl sites for hydroxylation is 1. The molecule has 7 nitrogen and oxygen atoms in total. The van der Waals surface area contributed by atoms with Crippen molar-refractivity contribution in [1.29, 1.82) is 0 Å². The average Bonchev–Trinajstić information content (AvgIpc) is 3.36. The van der Waals surface area contributed by atoms with E-state index in [1.165, 1.54) is 11.3 Å². The number of aromatic nitrogens is 2. The molecule has 1 aliphatic heterocycles. The Kier molecular flexibility index (Phi) is 7.72. The van der Waals surface area contributed by atoms with Gasteiger partial charge in [-0.2, -0.15) is 0 Å². The summed E-state index contributed by atoms with van der Waals surface area (Å²) in [7, 11) is 0. The molecule has 2 aliphatic rings. The maximum Gasteiger partial charge on any atom is 0.273 e. The van der Waals surface area contributed by atoms with Crippen molar-refractivity contribution in [3.8, 4) is 5.19 Å². The molecule has 0 saturated heterocycles. The fraction of sp³-hybridized carbons (Fsp3) is 0.682. The van der Waals surface area contributed by atoms with Gasteiger partial charge in [0.25, 0.3) is 11.6 Å². The van der Waals surface area contributed by atoms with Gasteiger partial charge in [-0.3, -0.25) is 9.69 Å². The Balaban J connectivity index is 1.14. The van der Waals surface area contributed by atoms with E-state index in [2.05, 4.69) is 20.4 Å². The molecule has 1 N–H and O–H groups in total. The number of carbonyl (C=O) groups excluding carboxylic acids is 1. The Morgan fingerprint density at radius 1 is 1.38 bits per heavy atom.